The van der Waals surface area contributed by atoms with Crippen molar-refractivity contribution in [2.75, 3.05) is 6.61 Å². The third-order valence-corrected chi connectivity index (χ3v) is 2.84. The van der Waals surface area contributed by atoms with E-state index in [0.29, 0.717) is 12.2 Å². The van der Waals surface area contributed by atoms with Crippen LogP contribution in [0.1, 0.15) is 24.1 Å². The first-order valence-corrected chi connectivity index (χ1v) is 6.05. The summed E-state index contributed by atoms with van der Waals surface area (Å²) in [5, 5.41) is 0. The average molecular weight is 263 g/mol. The van der Waals surface area contributed by atoms with Crippen molar-refractivity contribution in [3.63, 3.8) is 0 Å². The summed E-state index contributed by atoms with van der Waals surface area (Å²) >= 11 is 0. The Bertz CT molecular complexity index is 555. The molecule has 19 heavy (non-hydrogen) atoms. The van der Waals surface area contributed by atoms with Gasteiger partial charge in [-0.1, -0.05) is 12.1 Å². The van der Waals surface area contributed by atoms with Gasteiger partial charge in [0.15, 0.2) is 0 Å². The lowest BCUT2D eigenvalue weighted by molar-refractivity contribution is 0.340. The normalized spacial score (nSPS) is 12.2. The maximum atomic E-state index is 13.6. The van der Waals surface area contributed by atoms with Gasteiger partial charge in [0.1, 0.15) is 17.4 Å². The largest absolute Gasteiger partial charge is 0.494 e. The minimum Gasteiger partial charge on any atom is -0.494 e. The number of ether oxygens (including phenoxy) is 1. The Balaban J connectivity index is 2.27. The van der Waals surface area contributed by atoms with Crippen molar-refractivity contribution < 1.29 is 13.5 Å². The second kappa shape index (κ2) is 5.80. The van der Waals surface area contributed by atoms with E-state index >= 15 is 0 Å². The van der Waals surface area contributed by atoms with E-state index in [-0.39, 0.29) is 5.56 Å². The van der Waals surface area contributed by atoms with Crippen molar-refractivity contribution >= 4 is 0 Å². The molecule has 0 spiro atoms. The number of rotatable bonds is 4. The first-order chi connectivity index (χ1) is 9.11. The molecule has 2 aromatic carbocycles. The summed E-state index contributed by atoms with van der Waals surface area (Å²) in [4.78, 5) is 0. The highest BCUT2D eigenvalue weighted by molar-refractivity contribution is 5.35. The SMILES string of the molecule is CCOc1ccc(C(N)c2cc(F)ccc2F)cc1. The molecule has 100 valence electrons. The van der Waals surface area contributed by atoms with E-state index < -0.39 is 17.7 Å². The molecule has 1 unspecified atom stereocenters. The van der Waals surface area contributed by atoms with Gasteiger partial charge in [-0.05, 0) is 42.8 Å². The first kappa shape index (κ1) is 13.5. The molecule has 0 radical (unpaired) electrons. The van der Waals surface area contributed by atoms with Gasteiger partial charge in [-0.15, -0.1) is 0 Å². The standard InChI is InChI=1S/C15H15F2NO/c1-2-19-12-6-3-10(4-7-12)15(18)13-9-11(16)5-8-14(13)17/h3-9,15H,2,18H2,1H3. The second-order valence-electron chi connectivity index (χ2n) is 4.15. The first-order valence-electron chi connectivity index (χ1n) is 6.05. The van der Waals surface area contributed by atoms with Gasteiger partial charge in [0.25, 0.3) is 0 Å². The summed E-state index contributed by atoms with van der Waals surface area (Å²) in [6, 6.07) is 9.59. The lowest BCUT2D eigenvalue weighted by Gasteiger charge is -2.14. The highest BCUT2D eigenvalue weighted by atomic mass is 19.1. The van der Waals surface area contributed by atoms with E-state index in [2.05, 4.69) is 0 Å². The number of hydrogen-bond acceptors (Lipinski definition) is 2. The van der Waals surface area contributed by atoms with Crippen molar-refractivity contribution in [2.24, 2.45) is 5.73 Å². The van der Waals surface area contributed by atoms with Crippen molar-refractivity contribution in [1.82, 2.24) is 0 Å². The molecule has 0 aliphatic heterocycles. The van der Waals surface area contributed by atoms with Crippen LogP contribution in [0.5, 0.6) is 5.75 Å². The topological polar surface area (TPSA) is 35.2 Å². The molecule has 1 atom stereocenters. The molecule has 2 nitrogen and oxygen atoms in total. The lowest BCUT2D eigenvalue weighted by Crippen LogP contribution is -2.14. The molecule has 0 amide bonds. The third-order valence-electron chi connectivity index (χ3n) is 2.84. The van der Waals surface area contributed by atoms with Crippen molar-refractivity contribution in [3.05, 3.63) is 65.2 Å². The molecule has 0 bridgehead atoms. The molecule has 0 aliphatic rings. The zero-order chi connectivity index (χ0) is 13.8. The van der Waals surface area contributed by atoms with Gasteiger partial charge in [-0.25, -0.2) is 8.78 Å². The molecular formula is C15H15F2NO. The number of halogens is 2. The fourth-order valence-corrected chi connectivity index (χ4v) is 1.87. The smallest absolute Gasteiger partial charge is 0.128 e. The van der Waals surface area contributed by atoms with E-state index in [1.165, 1.54) is 0 Å². The zero-order valence-corrected chi connectivity index (χ0v) is 10.6. The van der Waals surface area contributed by atoms with Crippen LogP contribution < -0.4 is 10.5 Å². The molecule has 2 rings (SSSR count). The molecule has 2 N–H and O–H groups in total. The summed E-state index contributed by atoms with van der Waals surface area (Å²) in [5.74, 6) is -0.293. The second-order valence-corrected chi connectivity index (χ2v) is 4.15. The van der Waals surface area contributed by atoms with E-state index in [0.717, 1.165) is 23.9 Å². The molecule has 0 saturated heterocycles. The van der Waals surface area contributed by atoms with E-state index in [1.807, 2.05) is 6.92 Å². The Morgan fingerprint density at radius 1 is 1.11 bits per heavy atom. The summed E-state index contributed by atoms with van der Waals surface area (Å²) in [6.07, 6.45) is 0. The Hall–Kier alpha value is -1.94. The van der Waals surface area contributed by atoms with Crippen LogP contribution in [0.2, 0.25) is 0 Å². The van der Waals surface area contributed by atoms with Crippen LogP contribution in [-0.2, 0) is 0 Å². The molecule has 0 saturated carbocycles. The van der Waals surface area contributed by atoms with Gasteiger partial charge >= 0.3 is 0 Å². The van der Waals surface area contributed by atoms with Gasteiger partial charge in [0.05, 0.1) is 12.6 Å². The Morgan fingerprint density at radius 2 is 1.79 bits per heavy atom. The highest BCUT2D eigenvalue weighted by Crippen LogP contribution is 2.24. The zero-order valence-electron chi connectivity index (χ0n) is 10.6. The quantitative estimate of drug-likeness (QED) is 0.917. The molecule has 0 aromatic heterocycles. The minimum absolute atomic E-state index is 0.143. The van der Waals surface area contributed by atoms with Crippen LogP contribution in [0.4, 0.5) is 8.78 Å². The van der Waals surface area contributed by atoms with Crippen LogP contribution in [0.15, 0.2) is 42.5 Å². The van der Waals surface area contributed by atoms with Gasteiger partial charge in [-0.2, -0.15) is 0 Å². The van der Waals surface area contributed by atoms with Gasteiger partial charge in [-0.3, -0.25) is 0 Å². The fraction of sp³-hybridized carbons (Fsp3) is 0.200. The van der Waals surface area contributed by atoms with Gasteiger partial charge in [0, 0.05) is 5.56 Å². The van der Waals surface area contributed by atoms with E-state index in [9.17, 15) is 8.78 Å². The third kappa shape index (κ3) is 3.09. The van der Waals surface area contributed by atoms with Crippen LogP contribution in [-0.4, -0.2) is 6.61 Å². The summed E-state index contributed by atoms with van der Waals surface area (Å²) in [7, 11) is 0. The molecule has 2 aromatic rings. The summed E-state index contributed by atoms with van der Waals surface area (Å²) in [6.45, 7) is 2.46. The molecule has 0 aliphatic carbocycles. The maximum absolute atomic E-state index is 13.6. The fourth-order valence-electron chi connectivity index (χ4n) is 1.87. The summed E-state index contributed by atoms with van der Waals surface area (Å²) < 4.78 is 32.1. The van der Waals surface area contributed by atoms with Crippen LogP contribution in [0, 0.1) is 11.6 Å². The maximum Gasteiger partial charge on any atom is 0.128 e. The molecule has 4 heteroatoms. The van der Waals surface area contributed by atoms with E-state index in [4.69, 9.17) is 10.5 Å². The minimum atomic E-state index is -0.702. The van der Waals surface area contributed by atoms with Crippen LogP contribution in [0.25, 0.3) is 0 Å². The monoisotopic (exact) mass is 263 g/mol. The number of nitrogens with two attached hydrogens (primary N) is 1. The average Bonchev–Trinajstić information content (AvgIpc) is 2.42. The molecular weight excluding hydrogens is 248 g/mol. The van der Waals surface area contributed by atoms with Crippen LogP contribution >= 0.6 is 0 Å². The van der Waals surface area contributed by atoms with E-state index in [1.54, 1.807) is 24.3 Å². The van der Waals surface area contributed by atoms with Crippen molar-refractivity contribution in [3.8, 4) is 5.75 Å². The predicted molar refractivity (Wildman–Crippen MR) is 70.0 cm³/mol. The summed E-state index contributed by atoms with van der Waals surface area (Å²) in [5.41, 5.74) is 6.81. The number of hydrogen-bond donors (Lipinski definition) is 1. The molecule has 0 fully saturated rings. The van der Waals surface area contributed by atoms with Gasteiger partial charge < -0.3 is 10.5 Å². The van der Waals surface area contributed by atoms with Crippen molar-refractivity contribution in [2.45, 2.75) is 13.0 Å². The van der Waals surface area contributed by atoms with Gasteiger partial charge in [0.2, 0.25) is 0 Å². The Kier molecular flexibility index (Phi) is 4.12. The molecule has 0 heterocycles. The Morgan fingerprint density at radius 3 is 2.42 bits per heavy atom. The predicted octanol–water partition coefficient (Wildman–Crippen LogP) is 3.41. The number of benzene rings is 2. The highest BCUT2D eigenvalue weighted by Gasteiger charge is 2.14. The lowest BCUT2D eigenvalue weighted by atomic mass is 9.99. The van der Waals surface area contributed by atoms with Crippen molar-refractivity contribution in [1.29, 1.82) is 0 Å². The Labute approximate surface area is 110 Å². The van der Waals surface area contributed by atoms with Crippen LogP contribution in [0.3, 0.4) is 0 Å².